The summed E-state index contributed by atoms with van der Waals surface area (Å²) in [6.07, 6.45) is 1.66. The fourth-order valence-corrected chi connectivity index (χ4v) is 3.09. The number of nitrogens with two attached hydrogens (primary N) is 1. The van der Waals surface area contributed by atoms with Crippen LogP contribution in [0.5, 0.6) is 0 Å². The molecule has 0 fully saturated rings. The van der Waals surface area contributed by atoms with Crippen molar-refractivity contribution in [2.45, 2.75) is 27.7 Å². The number of benzene rings is 2. The Morgan fingerprint density at radius 1 is 0.970 bits per heavy atom. The zero-order chi connectivity index (χ0) is 24.0. The summed E-state index contributed by atoms with van der Waals surface area (Å²) in [6.45, 7) is 7.54. The third-order valence-electron chi connectivity index (χ3n) is 4.76. The molecule has 2 N–H and O–H groups in total. The second-order valence-electron chi connectivity index (χ2n) is 8.32. The number of nitrogens with zero attached hydrogens (tertiary/aromatic N) is 2. The molecule has 1 aliphatic heterocycles. The molecule has 2 aromatic rings. The molecule has 0 saturated heterocycles. The van der Waals surface area contributed by atoms with E-state index < -0.39 is 22.9 Å². The van der Waals surface area contributed by atoms with E-state index in [9.17, 15) is 9.59 Å². The lowest BCUT2D eigenvalue weighted by atomic mass is 9.94. The molecule has 0 aliphatic carbocycles. The van der Waals surface area contributed by atoms with Gasteiger partial charge in [0.25, 0.3) is 5.91 Å². The molecular formula is C26H27N3O4. The standard InChI is InChI=1S/C26H27N3O4/c1-5-32-25(31)21(24(27)30)23-19(16-20(33-23)26(2,3)4)28-29-22(17-12-8-6-9-13-17)18-14-10-7-11-15-18/h6-16H,5H2,1-4H3,(H2,27,30)/b23-21-,28-19-. The first-order valence-corrected chi connectivity index (χ1v) is 10.6. The van der Waals surface area contributed by atoms with Crippen LogP contribution in [0.15, 0.2) is 94.0 Å². The summed E-state index contributed by atoms with van der Waals surface area (Å²) in [7, 11) is 0. The minimum atomic E-state index is -0.963. The Bertz CT molecular complexity index is 1110. The number of esters is 1. The van der Waals surface area contributed by atoms with Gasteiger partial charge in [-0.05, 0) is 6.92 Å². The highest BCUT2D eigenvalue weighted by Crippen LogP contribution is 2.35. The first-order valence-electron chi connectivity index (χ1n) is 10.6. The van der Waals surface area contributed by atoms with Crippen molar-refractivity contribution in [3.05, 3.63) is 95.0 Å². The molecule has 0 bridgehead atoms. The van der Waals surface area contributed by atoms with Gasteiger partial charge in [-0.15, -0.1) is 10.2 Å². The number of hydrogen-bond donors (Lipinski definition) is 1. The maximum atomic E-state index is 12.5. The van der Waals surface area contributed by atoms with Crippen LogP contribution in [0.3, 0.4) is 0 Å². The highest BCUT2D eigenvalue weighted by atomic mass is 16.5. The minimum absolute atomic E-state index is 0.0601. The predicted molar refractivity (Wildman–Crippen MR) is 127 cm³/mol. The van der Waals surface area contributed by atoms with Crippen molar-refractivity contribution in [2.24, 2.45) is 21.4 Å². The molecule has 7 nitrogen and oxygen atoms in total. The Hall–Kier alpha value is -4.00. The molecule has 1 aliphatic rings. The van der Waals surface area contributed by atoms with Gasteiger partial charge < -0.3 is 15.2 Å². The number of ether oxygens (including phenoxy) is 2. The summed E-state index contributed by atoms with van der Waals surface area (Å²) in [5.74, 6) is -1.37. The van der Waals surface area contributed by atoms with E-state index in [4.69, 9.17) is 15.2 Å². The van der Waals surface area contributed by atoms with Gasteiger partial charge in [-0.3, -0.25) is 4.79 Å². The van der Waals surface area contributed by atoms with Gasteiger partial charge in [-0.1, -0.05) is 81.4 Å². The number of carbonyl (C=O) groups is 2. The van der Waals surface area contributed by atoms with Crippen molar-refractivity contribution >= 4 is 23.3 Å². The SMILES string of the molecule is CCOC(=O)/C(C(N)=O)=C1\OC(C(C)(C)C)=C\C1=N\N=C(c1ccccc1)c1ccccc1. The third kappa shape index (κ3) is 5.63. The van der Waals surface area contributed by atoms with Crippen LogP contribution in [-0.2, 0) is 19.1 Å². The zero-order valence-corrected chi connectivity index (χ0v) is 19.2. The summed E-state index contributed by atoms with van der Waals surface area (Å²) in [5, 5.41) is 8.90. The van der Waals surface area contributed by atoms with Crippen LogP contribution < -0.4 is 5.73 Å². The zero-order valence-electron chi connectivity index (χ0n) is 19.2. The largest absolute Gasteiger partial charge is 0.462 e. The number of allylic oxidation sites excluding steroid dienone is 2. The summed E-state index contributed by atoms with van der Waals surface area (Å²) in [4.78, 5) is 24.6. The average Bonchev–Trinajstić information content (AvgIpc) is 3.20. The van der Waals surface area contributed by atoms with Gasteiger partial charge in [-0.25, -0.2) is 4.79 Å². The van der Waals surface area contributed by atoms with Crippen LogP contribution in [0.25, 0.3) is 0 Å². The van der Waals surface area contributed by atoms with Crippen molar-refractivity contribution in [1.29, 1.82) is 0 Å². The molecular weight excluding hydrogens is 418 g/mol. The van der Waals surface area contributed by atoms with E-state index in [1.807, 2.05) is 81.4 Å². The van der Waals surface area contributed by atoms with Crippen molar-refractivity contribution < 1.29 is 19.1 Å². The van der Waals surface area contributed by atoms with Crippen LogP contribution in [-0.4, -0.2) is 29.9 Å². The molecule has 170 valence electrons. The van der Waals surface area contributed by atoms with E-state index in [0.29, 0.717) is 11.5 Å². The van der Waals surface area contributed by atoms with Crippen molar-refractivity contribution in [3.8, 4) is 0 Å². The van der Waals surface area contributed by atoms with E-state index in [2.05, 4.69) is 10.2 Å². The van der Waals surface area contributed by atoms with Crippen molar-refractivity contribution in [1.82, 2.24) is 0 Å². The van der Waals surface area contributed by atoms with Gasteiger partial charge in [-0.2, -0.15) is 0 Å². The molecule has 1 amide bonds. The Morgan fingerprint density at radius 2 is 1.52 bits per heavy atom. The number of hydrogen-bond acceptors (Lipinski definition) is 6. The first kappa shape index (κ1) is 23.7. The quantitative estimate of drug-likeness (QED) is 0.180. The van der Waals surface area contributed by atoms with E-state index in [1.165, 1.54) is 0 Å². The third-order valence-corrected chi connectivity index (χ3v) is 4.76. The second kappa shape index (κ2) is 10.1. The molecule has 1 heterocycles. The Labute approximate surface area is 193 Å². The summed E-state index contributed by atoms with van der Waals surface area (Å²) in [5.41, 5.74) is 7.25. The first-order chi connectivity index (χ1) is 15.7. The summed E-state index contributed by atoms with van der Waals surface area (Å²) < 4.78 is 10.9. The summed E-state index contributed by atoms with van der Waals surface area (Å²) >= 11 is 0. The Balaban J connectivity index is 2.21. The molecule has 2 aromatic carbocycles. The van der Waals surface area contributed by atoms with Crippen molar-refractivity contribution in [3.63, 3.8) is 0 Å². The molecule has 0 saturated carbocycles. The van der Waals surface area contributed by atoms with E-state index in [1.54, 1.807) is 13.0 Å². The normalized spacial score (nSPS) is 16.0. The molecule has 33 heavy (non-hydrogen) atoms. The monoisotopic (exact) mass is 445 g/mol. The highest BCUT2D eigenvalue weighted by molar-refractivity contribution is 6.24. The van der Waals surface area contributed by atoms with Crippen LogP contribution in [0.4, 0.5) is 0 Å². The molecule has 0 radical (unpaired) electrons. The molecule has 0 atom stereocenters. The lowest BCUT2D eigenvalue weighted by Gasteiger charge is -2.19. The molecule has 0 aromatic heterocycles. The smallest absolute Gasteiger partial charge is 0.347 e. The van der Waals surface area contributed by atoms with Gasteiger partial charge >= 0.3 is 5.97 Å². The topological polar surface area (TPSA) is 103 Å². The Morgan fingerprint density at radius 3 is 1.97 bits per heavy atom. The van der Waals surface area contributed by atoms with Gasteiger partial charge in [0.05, 0.1) is 6.61 Å². The molecule has 0 unspecified atom stereocenters. The molecule has 7 heteroatoms. The van der Waals surface area contributed by atoms with Crippen LogP contribution in [0.1, 0.15) is 38.8 Å². The average molecular weight is 446 g/mol. The second-order valence-corrected chi connectivity index (χ2v) is 8.32. The number of amides is 1. The van der Waals surface area contributed by atoms with Gasteiger partial charge in [0.2, 0.25) is 0 Å². The van der Waals surface area contributed by atoms with E-state index in [0.717, 1.165) is 11.1 Å². The Kier molecular flexibility index (Phi) is 7.23. The van der Waals surface area contributed by atoms with Crippen LogP contribution in [0.2, 0.25) is 0 Å². The van der Waals surface area contributed by atoms with E-state index >= 15 is 0 Å². The molecule has 3 rings (SSSR count). The molecule has 0 spiro atoms. The van der Waals surface area contributed by atoms with Crippen LogP contribution >= 0.6 is 0 Å². The number of rotatable bonds is 6. The highest BCUT2D eigenvalue weighted by Gasteiger charge is 2.35. The van der Waals surface area contributed by atoms with Gasteiger partial charge in [0.15, 0.2) is 11.3 Å². The fraction of sp³-hybridized carbons (Fsp3) is 0.231. The minimum Gasteiger partial charge on any atom is -0.462 e. The maximum Gasteiger partial charge on any atom is 0.347 e. The lowest BCUT2D eigenvalue weighted by Crippen LogP contribution is -2.26. The number of carbonyl (C=O) groups excluding carboxylic acids is 2. The van der Waals surface area contributed by atoms with E-state index in [-0.39, 0.29) is 18.1 Å². The fourth-order valence-electron chi connectivity index (χ4n) is 3.09. The van der Waals surface area contributed by atoms with Crippen molar-refractivity contribution in [2.75, 3.05) is 6.61 Å². The summed E-state index contributed by atoms with van der Waals surface area (Å²) in [6, 6.07) is 19.2. The van der Waals surface area contributed by atoms with Gasteiger partial charge in [0, 0.05) is 22.6 Å². The maximum absolute atomic E-state index is 12.5. The predicted octanol–water partition coefficient (Wildman–Crippen LogP) is 4.14. The van der Waals surface area contributed by atoms with Crippen LogP contribution in [0, 0.1) is 5.41 Å². The van der Waals surface area contributed by atoms with Gasteiger partial charge in [0.1, 0.15) is 17.2 Å². The number of primary amides is 1. The lowest BCUT2D eigenvalue weighted by molar-refractivity contribution is -0.140.